The molecule has 1 atom stereocenters. The van der Waals surface area contributed by atoms with Crippen molar-refractivity contribution >= 4 is 0 Å². The van der Waals surface area contributed by atoms with E-state index in [9.17, 15) is 5.11 Å². The maximum absolute atomic E-state index is 10.2. The summed E-state index contributed by atoms with van der Waals surface area (Å²) in [6.45, 7) is 5.05. The SMILES string of the molecule is Cc1cnn(C2CCN(CC3(O)CCC3)C2)c1. The molecule has 2 heterocycles. The van der Waals surface area contributed by atoms with E-state index in [0.717, 1.165) is 38.9 Å². The smallest absolute Gasteiger partial charge is 0.0774 e. The van der Waals surface area contributed by atoms with E-state index in [1.807, 2.05) is 6.20 Å². The fourth-order valence-corrected chi connectivity index (χ4v) is 2.96. The number of β-amino-alcohol motifs (C(OH)–C–C–N with tert-alkyl or cyclic N) is 1. The summed E-state index contributed by atoms with van der Waals surface area (Å²) >= 11 is 0. The van der Waals surface area contributed by atoms with Crippen LogP contribution in [0.15, 0.2) is 12.4 Å². The van der Waals surface area contributed by atoms with E-state index in [0.29, 0.717) is 6.04 Å². The van der Waals surface area contributed by atoms with Gasteiger partial charge in [-0.1, -0.05) is 0 Å². The van der Waals surface area contributed by atoms with Crippen molar-refractivity contribution in [2.24, 2.45) is 0 Å². The number of aromatic nitrogens is 2. The summed E-state index contributed by atoms with van der Waals surface area (Å²) in [7, 11) is 0. The van der Waals surface area contributed by atoms with Gasteiger partial charge in [0.05, 0.1) is 17.8 Å². The average molecular weight is 235 g/mol. The summed E-state index contributed by atoms with van der Waals surface area (Å²) in [4.78, 5) is 2.39. The molecule has 0 spiro atoms. The van der Waals surface area contributed by atoms with Gasteiger partial charge >= 0.3 is 0 Å². The van der Waals surface area contributed by atoms with Gasteiger partial charge in [0.2, 0.25) is 0 Å². The zero-order valence-corrected chi connectivity index (χ0v) is 10.5. The summed E-state index contributed by atoms with van der Waals surface area (Å²) in [6, 6.07) is 0.493. The fraction of sp³-hybridized carbons (Fsp3) is 0.769. The molecule has 0 aromatic carbocycles. The van der Waals surface area contributed by atoms with Crippen LogP contribution in [-0.4, -0.2) is 45.0 Å². The minimum atomic E-state index is -0.380. The van der Waals surface area contributed by atoms with Gasteiger partial charge < -0.3 is 5.11 Å². The van der Waals surface area contributed by atoms with E-state index in [1.54, 1.807) is 0 Å². The molecule has 1 aromatic rings. The molecule has 4 heteroatoms. The first-order chi connectivity index (χ1) is 8.15. The highest BCUT2D eigenvalue weighted by atomic mass is 16.3. The molecule has 1 saturated heterocycles. The second-order valence-electron chi connectivity index (χ2n) is 5.75. The Kier molecular flexibility index (Phi) is 2.71. The summed E-state index contributed by atoms with van der Waals surface area (Å²) in [5.74, 6) is 0. The Morgan fingerprint density at radius 1 is 1.53 bits per heavy atom. The standard InChI is InChI=1S/C13H21N3O/c1-11-7-14-16(8-11)12-3-6-15(9-12)10-13(17)4-2-5-13/h7-8,12,17H,2-6,9-10H2,1H3. The third-order valence-electron chi connectivity index (χ3n) is 4.15. The topological polar surface area (TPSA) is 41.3 Å². The van der Waals surface area contributed by atoms with Crippen molar-refractivity contribution in [3.63, 3.8) is 0 Å². The normalized spacial score (nSPS) is 28.2. The molecule has 1 unspecified atom stereocenters. The van der Waals surface area contributed by atoms with Crippen LogP contribution in [-0.2, 0) is 0 Å². The lowest BCUT2D eigenvalue weighted by molar-refractivity contribution is -0.0552. The van der Waals surface area contributed by atoms with Crippen molar-refractivity contribution in [2.45, 2.75) is 44.2 Å². The summed E-state index contributed by atoms with van der Waals surface area (Å²) in [5, 5.41) is 14.6. The van der Waals surface area contributed by atoms with E-state index in [4.69, 9.17) is 0 Å². The third kappa shape index (κ3) is 2.24. The number of likely N-dealkylation sites (tertiary alicyclic amines) is 1. The van der Waals surface area contributed by atoms with Gasteiger partial charge in [0.15, 0.2) is 0 Å². The minimum absolute atomic E-state index is 0.380. The van der Waals surface area contributed by atoms with E-state index < -0.39 is 0 Å². The lowest BCUT2D eigenvalue weighted by Crippen LogP contribution is -2.47. The van der Waals surface area contributed by atoms with Gasteiger partial charge in [0, 0.05) is 25.8 Å². The van der Waals surface area contributed by atoms with E-state index in [1.165, 1.54) is 12.0 Å². The predicted molar refractivity (Wildman–Crippen MR) is 65.9 cm³/mol. The van der Waals surface area contributed by atoms with Gasteiger partial charge in [-0.3, -0.25) is 9.58 Å². The van der Waals surface area contributed by atoms with Gasteiger partial charge in [-0.2, -0.15) is 5.10 Å². The molecule has 1 aromatic heterocycles. The number of rotatable bonds is 3. The quantitative estimate of drug-likeness (QED) is 0.860. The van der Waals surface area contributed by atoms with Crippen LogP contribution >= 0.6 is 0 Å². The highest BCUT2D eigenvalue weighted by molar-refractivity contribution is 5.01. The number of aliphatic hydroxyl groups is 1. The van der Waals surface area contributed by atoms with Crippen LogP contribution in [0.4, 0.5) is 0 Å². The van der Waals surface area contributed by atoms with Gasteiger partial charge in [-0.25, -0.2) is 0 Å². The van der Waals surface area contributed by atoms with Gasteiger partial charge in [0.25, 0.3) is 0 Å². The van der Waals surface area contributed by atoms with Crippen LogP contribution in [0.3, 0.4) is 0 Å². The monoisotopic (exact) mass is 235 g/mol. The van der Waals surface area contributed by atoms with Crippen molar-refractivity contribution in [2.75, 3.05) is 19.6 Å². The Balaban J connectivity index is 1.58. The van der Waals surface area contributed by atoms with Crippen molar-refractivity contribution in [3.05, 3.63) is 18.0 Å². The van der Waals surface area contributed by atoms with Crippen molar-refractivity contribution in [1.82, 2.24) is 14.7 Å². The molecule has 1 aliphatic carbocycles. The zero-order chi connectivity index (χ0) is 11.9. The van der Waals surface area contributed by atoms with Crippen LogP contribution in [0.25, 0.3) is 0 Å². The maximum Gasteiger partial charge on any atom is 0.0774 e. The molecule has 4 nitrogen and oxygen atoms in total. The Labute approximate surface area is 102 Å². The van der Waals surface area contributed by atoms with E-state index >= 15 is 0 Å². The molecular weight excluding hydrogens is 214 g/mol. The maximum atomic E-state index is 10.2. The molecule has 0 bridgehead atoms. The largest absolute Gasteiger partial charge is 0.389 e. The first kappa shape index (κ1) is 11.2. The molecule has 17 heavy (non-hydrogen) atoms. The predicted octanol–water partition coefficient (Wildman–Crippen LogP) is 1.35. The van der Waals surface area contributed by atoms with Crippen molar-refractivity contribution < 1.29 is 5.11 Å². The van der Waals surface area contributed by atoms with Gasteiger partial charge in [0.1, 0.15) is 0 Å². The van der Waals surface area contributed by atoms with Gasteiger partial charge in [-0.15, -0.1) is 0 Å². The molecule has 3 rings (SSSR count). The molecule has 0 radical (unpaired) electrons. The van der Waals surface area contributed by atoms with Crippen molar-refractivity contribution in [1.29, 1.82) is 0 Å². The molecule has 2 fully saturated rings. The zero-order valence-electron chi connectivity index (χ0n) is 10.5. The van der Waals surface area contributed by atoms with E-state index in [-0.39, 0.29) is 5.60 Å². The lowest BCUT2D eigenvalue weighted by Gasteiger charge is -2.39. The van der Waals surface area contributed by atoms with E-state index in [2.05, 4.69) is 27.8 Å². The van der Waals surface area contributed by atoms with Crippen LogP contribution in [0.1, 0.15) is 37.3 Å². The molecule has 1 aliphatic heterocycles. The molecule has 94 valence electrons. The number of nitrogens with zero attached hydrogens (tertiary/aromatic N) is 3. The second-order valence-corrected chi connectivity index (χ2v) is 5.75. The fourth-order valence-electron chi connectivity index (χ4n) is 2.96. The summed E-state index contributed by atoms with van der Waals surface area (Å²) in [6.07, 6.45) is 8.34. The molecule has 2 aliphatic rings. The Morgan fingerprint density at radius 2 is 2.35 bits per heavy atom. The highest BCUT2D eigenvalue weighted by Crippen LogP contribution is 2.34. The number of hydrogen-bond acceptors (Lipinski definition) is 3. The van der Waals surface area contributed by atoms with Crippen LogP contribution in [0, 0.1) is 6.92 Å². The minimum Gasteiger partial charge on any atom is -0.389 e. The molecule has 1 saturated carbocycles. The van der Waals surface area contributed by atoms with Crippen molar-refractivity contribution in [3.8, 4) is 0 Å². The first-order valence-corrected chi connectivity index (χ1v) is 6.60. The highest BCUT2D eigenvalue weighted by Gasteiger charge is 2.38. The number of hydrogen-bond donors (Lipinski definition) is 1. The van der Waals surface area contributed by atoms with Crippen LogP contribution < -0.4 is 0 Å². The van der Waals surface area contributed by atoms with Crippen LogP contribution in [0.5, 0.6) is 0 Å². The molecule has 0 amide bonds. The first-order valence-electron chi connectivity index (χ1n) is 6.60. The van der Waals surface area contributed by atoms with Gasteiger partial charge in [-0.05, 0) is 38.2 Å². The molecular formula is C13H21N3O. The Morgan fingerprint density at radius 3 is 2.94 bits per heavy atom. The summed E-state index contributed by atoms with van der Waals surface area (Å²) < 4.78 is 2.08. The lowest BCUT2D eigenvalue weighted by atomic mass is 9.80. The number of aryl methyl sites for hydroxylation is 1. The molecule has 1 N–H and O–H groups in total. The average Bonchev–Trinajstić information content (AvgIpc) is 2.84. The Hall–Kier alpha value is -0.870. The third-order valence-corrected chi connectivity index (χ3v) is 4.15. The second kappa shape index (κ2) is 4.10. The van der Waals surface area contributed by atoms with Crippen LogP contribution in [0.2, 0.25) is 0 Å². The summed E-state index contributed by atoms with van der Waals surface area (Å²) in [5.41, 5.74) is 0.843. The Bertz CT molecular complexity index is 397.